The number of rotatable bonds is 0. The molecular weight excluding hydrogens is 194 g/mol. The van der Waals surface area contributed by atoms with E-state index in [2.05, 4.69) is 10.9 Å². The van der Waals surface area contributed by atoms with Crippen molar-refractivity contribution in [3.05, 3.63) is 40.5 Å². The molecule has 0 spiro atoms. The summed E-state index contributed by atoms with van der Waals surface area (Å²) in [4.78, 5) is 4.21. The number of nitrogens with zero attached hydrogens (tertiary/aromatic N) is 1. The molecule has 1 heterocycles. The predicted molar refractivity (Wildman–Crippen MR) is 59.4 cm³/mol. The zero-order valence-corrected chi connectivity index (χ0v) is 8.47. The van der Waals surface area contributed by atoms with Crippen molar-refractivity contribution in [2.24, 2.45) is 0 Å². The molecule has 1 aromatic heterocycles. The average molecular weight is 202 g/mol. The monoisotopic (exact) mass is 201 g/mol. The van der Waals surface area contributed by atoms with Crippen LogP contribution in [0.25, 0.3) is 10.9 Å². The van der Waals surface area contributed by atoms with Gasteiger partial charge >= 0.3 is 0 Å². The molecule has 0 aliphatic carbocycles. The van der Waals surface area contributed by atoms with Gasteiger partial charge in [-0.15, -0.1) is 6.42 Å². The number of fused-ring (bicyclic) bond motifs is 1. The fourth-order valence-electron chi connectivity index (χ4n) is 1.37. The summed E-state index contributed by atoms with van der Waals surface area (Å²) in [5.74, 6) is 2.51. The van der Waals surface area contributed by atoms with Crippen LogP contribution in [0.3, 0.4) is 0 Å². The molecule has 0 amide bonds. The van der Waals surface area contributed by atoms with E-state index in [9.17, 15) is 0 Å². The third-order valence-electron chi connectivity index (χ3n) is 2.08. The normalized spacial score (nSPS) is 10.1. The van der Waals surface area contributed by atoms with Crippen LogP contribution >= 0.6 is 11.6 Å². The maximum atomic E-state index is 5.89. The summed E-state index contributed by atoms with van der Waals surface area (Å²) in [5, 5.41) is 1.42. The Hall–Kier alpha value is -1.52. The maximum Gasteiger partial charge on any atom is 0.145 e. The number of hydrogen-bond acceptors (Lipinski definition) is 1. The molecular formula is C12H8ClN. The van der Waals surface area contributed by atoms with E-state index >= 15 is 0 Å². The minimum atomic E-state index is 0.392. The molecule has 0 unspecified atom stereocenters. The molecule has 2 heteroatoms. The molecule has 1 aromatic carbocycles. The quantitative estimate of drug-likeness (QED) is 0.471. The fraction of sp³-hybridized carbons (Fsp3) is 0.0833. The molecule has 0 aliphatic heterocycles. The summed E-state index contributed by atoms with van der Waals surface area (Å²) in [6, 6.07) is 7.87. The summed E-state index contributed by atoms with van der Waals surface area (Å²) >= 11 is 5.89. The molecule has 68 valence electrons. The van der Waals surface area contributed by atoms with Gasteiger partial charge in [-0.3, -0.25) is 0 Å². The maximum absolute atomic E-state index is 5.89. The third kappa shape index (κ3) is 1.45. The summed E-state index contributed by atoms with van der Waals surface area (Å²) in [5.41, 5.74) is 2.70. The second-order valence-corrected chi connectivity index (χ2v) is 3.53. The van der Waals surface area contributed by atoms with Gasteiger partial charge in [-0.25, -0.2) is 4.98 Å². The Labute approximate surface area is 87.7 Å². The van der Waals surface area contributed by atoms with Gasteiger partial charge in [-0.1, -0.05) is 29.2 Å². The molecule has 2 aromatic rings. The Morgan fingerprint density at radius 3 is 2.86 bits per heavy atom. The minimum Gasteiger partial charge on any atom is -0.235 e. The Balaban J connectivity index is 2.82. The van der Waals surface area contributed by atoms with Gasteiger partial charge in [-0.2, -0.15) is 0 Å². The van der Waals surface area contributed by atoms with Crippen molar-refractivity contribution in [2.45, 2.75) is 6.92 Å². The lowest BCUT2D eigenvalue weighted by Gasteiger charge is -2.01. The van der Waals surface area contributed by atoms with Crippen molar-refractivity contribution in [2.75, 3.05) is 0 Å². The second kappa shape index (κ2) is 3.32. The number of halogens is 1. The van der Waals surface area contributed by atoms with Crippen LogP contribution in [0, 0.1) is 19.3 Å². The fourth-order valence-corrected chi connectivity index (χ4v) is 1.57. The van der Waals surface area contributed by atoms with Crippen molar-refractivity contribution < 1.29 is 0 Å². The first-order valence-corrected chi connectivity index (χ1v) is 4.62. The van der Waals surface area contributed by atoms with Crippen molar-refractivity contribution in [3.8, 4) is 12.3 Å². The molecule has 1 nitrogen and oxygen atoms in total. The number of aryl methyl sites for hydroxylation is 1. The van der Waals surface area contributed by atoms with E-state index in [0.717, 1.165) is 10.9 Å². The lowest BCUT2D eigenvalue weighted by Crippen LogP contribution is -1.85. The highest BCUT2D eigenvalue weighted by Gasteiger charge is 2.02. The average Bonchev–Trinajstić information content (AvgIpc) is 2.17. The summed E-state index contributed by atoms with van der Waals surface area (Å²) in [6.07, 6.45) is 5.31. The standard InChI is InChI=1S/C12H8ClN/c1-3-9-7-10-6-8(2)4-5-11(10)14-12(9)13/h1,4-7H,2H3. The third-order valence-corrected chi connectivity index (χ3v) is 2.37. The van der Waals surface area contributed by atoms with Gasteiger partial charge in [0.15, 0.2) is 0 Å². The van der Waals surface area contributed by atoms with Crippen LogP contribution in [0.5, 0.6) is 0 Å². The molecule has 0 saturated carbocycles. The van der Waals surface area contributed by atoms with Crippen LogP contribution in [-0.2, 0) is 0 Å². The molecule has 0 saturated heterocycles. The van der Waals surface area contributed by atoms with E-state index in [-0.39, 0.29) is 0 Å². The second-order valence-electron chi connectivity index (χ2n) is 3.17. The first-order valence-electron chi connectivity index (χ1n) is 4.24. The Kier molecular flexibility index (Phi) is 2.15. The zero-order chi connectivity index (χ0) is 10.1. The lowest BCUT2D eigenvalue weighted by molar-refractivity contribution is 1.38. The van der Waals surface area contributed by atoms with E-state index in [1.54, 1.807) is 0 Å². The number of benzene rings is 1. The number of pyridine rings is 1. The van der Waals surface area contributed by atoms with Gasteiger partial charge in [-0.05, 0) is 25.1 Å². The van der Waals surface area contributed by atoms with E-state index in [0.29, 0.717) is 10.7 Å². The van der Waals surface area contributed by atoms with Gasteiger partial charge in [0, 0.05) is 5.39 Å². The first kappa shape index (κ1) is 9.05. The van der Waals surface area contributed by atoms with Gasteiger partial charge < -0.3 is 0 Å². The van der Waals surface area contributed by atoms with Crippen LogP contribution in [0.2, 0.25) is 5.15 Å². The molecule has 14 heavy (non-hydrogen) atoms. The number of hydrogen-bond donors (Lipinski definition) is 0. The number of terminal acetylenes is 1. The summed E-state index contributed by atoms with van der Waals surface area (Å²) in [6.45, 7) is 2.03. The minimum absolute atomic E-state index is 0.392. The Morgan fingerprint density at radius 1 is 1.36 bits per heavy atom. The van der Waals surface area contributed by atoms with Crippen LogP contribution in [0.1, 0.15) is 11.1 Å². The molecule has 0 radical (unpaired) electrons. The molecule has 2 rings (SSSR count). The molecule has 0 fully saturated rings. The SMILES string of the molecule is C#Cc1cc2cc(C)ccc2nc1Cl. The van der Waals surface area contributed by atoms with E-state index < -0.39 is 0 Å². The van der Waals surface area contributed by atoms with E-state index in [1.165, 1.54) is 5.56 Å². The van der Waals surface area contributed by atoms with Crippen molar-refractivity contribution >= 4 is 22.5 Å². The molecule has 0 atom stereocenters. The Morgan fingerprint density at radius 2 is 2.14 bits per heavy atom. The van der Waals surface area contributed by atoms with E-state index in [4.69, 9.17) is 18.0 Å². The van der Waals surface area contributed by atoms with Crippen molar-refractivity contribution in [1.29, 1.82) is 0 Å². The van der Waals surface area contributed by atoms with Gasteiger partial charge in [0.05, 0.1) is 11.1 Å². The Bertz CT molecular complexity index is 538. The molecule has 0 aliphatic rings. The molecule has 0 N–H and O–H groups in total. The smallest absolute Gasteiger partial charge is 0.145 e. The predicted octanol–water partition coefficient (Wildman–Crippen LogP) is 3.18. The topological polar surface area (TPSA) is 12.9 Å². The van der Waals surface area contributed by atoms with Crippen LogP contribution in [0.4, 0.5) is 0 Å². The van der Waals surface area contributed by atoms with Gasteiger partial charge in [0.1, 0.15) is 5.15 Å². The first-order chi connectivity index (χ1) is 6.70. The lowest BCUT2D eigenvalue weighted by atomic mass is 10.1. The highest BCUT2D eigenvalue weighted by atomic mass is 35.5. The van der Waals surface area contributed by atoms with Crippen molar-refractivity contribution in [1.82, 2.24) is 4.98 Å². The van der Waals surface area contributed by atoms with E-state index in [1.807, 2.05) is 31.2 Å². The van der Waals surface area contributed by atoms with Crippen molar-refractivity contribution in [3.63, 3.8) is 0 Å². The largest absolute Gasteiger partial charge is 0.235 e. The van der Waals surface area contributed by atoms with Gasteiger partial charge in [0.25, 0.3) is 0 Å². The van der Waals surface area contributed by atoms with Crippen LogP contribution in [-0.4, -0.2) is 4.98 Å². The summed E-state index contributed by atoms with van der Waals surface area (Å²) < 4.78 is 0. The van der Waals surface area contributed by atoms with Crippen LogP contribution in [0.15, 0.2) is 24.3 Å². The highest BCUT2D eigenvalue weighted by Crippen LogP contribution is 2.20. The summed E-state index contributed by atoms with van der Waals surface area (Å²) in [7, 11) is 0. The number of aromatic nitrogens is 1. The van der Waals surface area contributed by atoms with Crippen LogP contribution < -0.4 is 0 Å². The highest BCUT2D eigenvalue weighted by molar-refractivity contribution is 6.31. The molecule has 0 bridgehead atoms. The zero-order valence-electron chi connectivity index (χ0n) is 7.71. The van der Waals surface area contributed by atoms with Gasteiger partial charge in [0.2, 0.25) is 0 Å².